The number of ether oxygens (including phenoxy) is 2. The molecule has 0 radical (unpaired) electrons. The number of pyridine rings is 1. The summed E-state index contributed by atoms with van der Waals surface area (Å²) < 4.78 is 79.9. The molecule has 2 aromatic rings. The first-order chi connectivity index (χ1) is 14.9. The van der Waals surface area contributed by atoms with Crippen LogP contribution in [0, 0.1) is 28.9 Å². The first kappa shape index (κ1) is 23.4. The van der Waals surface area contributed by atoms with Gasteiger partial charge in [0.2, 0.25) is 5.82 Å². The van der Waals surface area contributed by atoms with E-state index in [1.54, 1.807) is 6.07 Å². The highest BCUT2D eigenvalue weighted by molar-refractivity contribution is 5.95. The second-order valence-electron chi connectivity index (χ2n) is 7.47. The second-order valence-corrected chi connectivity index (χ2v) is 7.47. The molecule has 2 heterocycles. The molecule has 11 heteroatoms. The fourth-order valence-electron chi connectivity index (χ4n) is 3.82. The van der Waals surface area contributed by atoms with E-state index >= 15 is 0 Å². The number of methoxy groups -OCH3 is 1. The number of benzene rings is 1. The van der Waals surface area contributed by atoms with Gasteiger partial charge in [-0.05, 0) is 25.1 Å². The van der Waals surface area contributed by atoms with Crippen LogP contribution in [0.2, 0.25) is 0 Å². The summed E-state index contributed by atoms with van der Waals surface area (Å²) in [6.07, 6.45) is -5.35. The Morgan fingerprint density at radius 2 is 2.00 bits per heavy atom. The number of nitrogens with zero attached hydrogens (tertiary/aromatic N) is 2. The highest BCUT2D eigenvalue weighted by Crippen LogP contribution is 2.54. The molecule has 3 rings (SSSR count). The standard InChI is InChI=1S/C21H18F5N3O3/c1-10-15(13-4-5-14(22)16(23)17(13)31-3)18(32-20(10,2)21(24,25)26)19(30)29-11-6-7-28-12(8-11)9-27/h4-8,10,15,18H,1-3H3,(H,28,29,30)/t10-,15-,18+,20+/m1/s1. The van der Waals surface area contributed by atoms with Gasteiger partial charge in [0, 0.05) is 29.3 Å². The summed E-state index contributed by atoms with van der Waals surface area (Å²) in [6.45, 7) is 2.01. The van der Waals surface area contributed by atoms with Gasteiger partial charge in [0.1, 0.15) is 17.9 Å². The minimum Gasteiger partial charge on any atom is -0.493 e. The Morgan fingerprint density at radius 1 is 1.31 bits per heavy atom. The van der Waals surface area contributed by atoms with Gasteiger partial charge in [0.25, 0.3) is 5.91 Å². The molecule has 170 valence electrons. The maximum atomic E-state index is 14.3. The number of hydrogen-bond acceptors (Lipinski definition) is 5. The van der Waals surface area contributed by atoms with Crippen molar-refractivity contribution in [3.05, 3.63) is 53.4 Å². The molecule has 6 nitrogen and oxygen atoms in total. The lowest BCUT2D eigenvalue weighted by atomic mass is 9.77. The van der Waals surface area contributed by atoms with Crippen molar-refractivity contribution < 1.29 is 36.2 Å². The Balaban J connectivity index is 2.08. The predicted octanol–water partition coefficient (Wildman–Crippen LogP) is 4.32. The lowest BCUT2D eigenvalue weighted by Crippen LogP contribution is -2.47. The van der Waals surface area contributed by atoms with Crippen LogP contribution in [-0.2, 0) is 9.53 Å². The van der Waals surface area contributed by atoms with Crippen LogP contribution in [-0.4, -0.2) is 35.9 Å². The van der Waals surface area contributed by atoms with E-state index in [2.05, 4.69) is 10.3 Å². The van der Waals surface area contributed by atoms with E-state index < -0.39 is 53.0 Å². The predicted molar refractivity (Wildman–Crippen MR) is 102 cm³/mol. The monoisotopic (exact) mass is 455 g/mol. The van der Waals surface area contributed by atoms with Gasteiger partial charge >= 0.3 is 6.18 Å². The van der Waals surface area contributed by atoms with Crippen molar-refractivity contribution >= 4 is 11.6 Å². The number of carbonyl (C=O) groups excluding carboxylic acids is 1. The highest BCUT2D eigenvalue weighted by atomic mass is 19.4. The van der Waals surface area contributed by atoms with Crippen LogP contribution in [0.1, 0.15) is 31.0 Å². The van der Waals surface area contributed by atoms with E-state index in [1.165, 1.54) is 25.3 Å². The van der Waals surface area contributed by atoms with Crippen LogP contribution in [0.15, 0.2) is 30.5 Å². The van der Waals surface area contributed by atoms with Crippen LogP contribution in [0.4, 0.5) is 27.6 Å². The Bertz CT molecular complexity index is 1090. The minimum atomic E-state index is -4.86. The van der Waals surface area contributed by atoms with Crippen molar-refractivity contribution in [2.24, 2.45) is 5.92 Å². The molecule has 0 unspecified atom stereocenters. The third kappa shape index (κ3) is 3.86. The van der Waals surface area contributed by atoms with Crippen molar-refractivity contribution in [3.8, 4) is 11.8 Å². The normalized spacial score (nSPS) is 25.3. The minimum absolute atomic E-state index is 0.0255. The third-order valence-corrected chi connectivity index (χ3v) is 5.71. The zero-order valence-electron chi connectivity index (χ0n) is 17.1. The van der Waals surface area contributed by atoms with Gasteiger partial charge in [-0.2, -0.15) is 22.8 Å². The van der Waals surface area contributed by atoms with Gasteiger partial charge in [-0.1, -0.05) is 13.0 Å². The van der Waals surface area contributed by atoms with E-state index in [1.807, 2.05) is 0 Å². The number of amides is 1. The quantitative estimate of drug-likeness (QED) is 0.695. The number of halogens is 5. The molecule has 0 saturated carbocycles. The maximum absolute atomic E-state index is 14.3. The van der Waals surface area contributed by atoms with Crippen LogP contribution in [0.3, 0.4) is 0 Å². The van der Waals surface area contributed by atoms with Gasteiger partial charge in [0.15, 0.2) is 17.2 Å². The molecule has 0 aliphatic carbocycles. The largest absolute Gasteiger partial charge is 0.493 e. The summed E-state index contributed by atoms with van der Waals surface area (Å²) in [5.41, 5.74) is -2.82. The average molecular weight is 455 g/mol. The number of hydrogen-bond donors (Lipinski definition) is 1. The molecule has 4 atom stereocenters. The van der Waals surface area contributed by atoms with Crippen molar-refractivity contribution in [1.29, 1.82) is 5.26 Å². The molecular weight excluding hydrogens is 437 g/mol. The van der Waals surface area contributed by atoms with Crippen LogP contribution in [0.25, 0.3) is 0 Å². The van der Waals surface area contributed by atoms with E-state index in [-0.39, 0.29) is 16.9 Å². The van der Waals surface area contributed by atoms with E-state index in [4.69, 9.17) is 14.7 Å². The van der Waals surface area contributed by atoms with E-state index in [0.717, 1.165) is 26.2 Å². The molecule has 1 aliphatic heterocycles. The van der Waals surface area contributed by atoms with Gasteiger partial charge in [-0.15, -0.1) is 0 Å². The summed E-state index contributed by atoms with van der Waals surface area (Å²) in [5.74, 6) is -6.91. The van der Waals surface area contributed by atoms with Crippen molar-refractivity contribution in [2.45, 2.75) is 37.6 Å². The number of alkyl halides is 3. The number of nitrogens with one attached hydrogen (secondary N) is 1. The number of nitriles is 1. The van der Waals surface area contributed by atoms with Crippen LogP contribution < -0.4 is 10.1 Å². The molecule has 0 spiro atoms. The van der Waals surface area contributed by atoms with Crippen LogP contribution in [0.5, 0.6) is 5.75 Å². The van der Waals surface area contributed by atoms with Gasteiger partial charge in [-0.25, -0.2) is 9.37 Å². The number of aromatic nitrogens is 1. The summed E-state index contributed by atoms with van der Waals surface area (Å²) in [6, 6.07) is 6.17. The maximum Gasteiger partial charge on any atom is 0.417 e. The smallest absolute Gasteiger partial charge is 0.417 e. The lowest BCUT2D eigenvalue weighted by Gasteiger charge is -2.32. The first-order valence-electron chi connectivity index (χ1n) is 9.38. The molecule has 1 amide bonds. The molecule has 1 saturated heterocycles. The summed E-state index contributed by atoms with van der Waals surface area (Å²) in [7, 11) is 1.04. The second kappa shape index (κ2) is 8.35. The lowest BCUT2D eigenvalue weighted by molar-refractivity contribution is -0.272. The Labute approximate surface area is 180 Å². The molecule has 0 bridgehead atoms. The molecule has 1 fully saturated rings. The highest BCUT2D eigenvalue weighted by Gasteiger charge is 2.65. The zero-order chi connectivity index (χ0) is 23.8. The summed E-state index contributed by atoms with van der Waals surface area (Å²) in [5, 5.41) is 11.3. The van der Waals surface area contributed by atoms with Crippen molar-refractivity contribution in [3.63, 3.8) is 0 Å². The molecule has 1 N–H and O–H groups in total. The average Bonchev–Trinajstić information content (AvgIpc) is 3.02. The van der Waals surface area contributed by atoms with E-state index in [0.29, 0.717) is 0 Å². The van der Waals surface area contributed by atoms with Gasteiger partial charge in [0.05, 0.1) is 7.11 Å². The van der Waals surface area contributed by atoms with Gasteiger partial charge in [-0.3, -0.25) is 4.79 Å². The molecule has 1 aromatic heterocycles. The van der Waals surface area contributed by atoms with Crippen molar-refractivity contribution in [1.82, 2.24) is 4.98 Å². The summed E-state index contributed by atoms with van der Waals surface area (Å²) in [4.78, 5) is 16.7. The van der Waals surface area contributed by atoms with Crippen molar-refractivity contribution in [2.75, 3.05) is 12.4 Å². The number of anilines is 1. The molecule has 32 heavy (non-hydrogen) atoms. The zero-order valence-corrected chi connectivity index (χ0v) is 17.1. The summed E-state index contributed by atoms with van der Waals surface area (Å²) >= 11 is 0. The fraction of sp³-hybridized carbons (Fsp3) is 0.381. The fourth-order valence-corrected chi connectivity index (χ4v) is 3.82. The first-order valence-corrected chi connectivity index (χ1v) is 9.38. The number of carbonyl (C=O) groups is 1. The van der Waals surface area contributed by atoms with E-state index in [9.17, 15) is 26.7 Å². The van der Waals surface area contributed by atoms with Crippen LogP contribution >= 0.6 is 0 Å². The van der Waals surface area contributed by atoms with Gasteiger partial charge < -0.3 is 14.8 Å². The molecule has 1 aliphatic rings. The Kier molecular flexibility index (Phi) is 6.11. The molecular formula is C21H18F5N3O3. The third-order valence-electron chi connectivity index (χ3n) is 5.71. The SMILES string of the molecule is COc1c([C@@H]2[C@@H](C(=O)Nc3ccnc(C#N)c3)O[C@](C)(C(F)(F)F)[C@@H]2C)ccc(F)c1F. The Hall–Kier alpha value is -3.26. The topological polar surface area (TPSA) is 84.2 Å². The molecule has 1 aromatic carbocycles. The Morgan fingerprint density at radius 3 is 2.59 bits per heavy atom. The number of rotatable bonds is 4.